The van der Waals surface area contributed by atoms with Gasteiger partial charge in [0.15, 0.2) is 11.6 Å². The highest BCUT2D eigenvalue weighted by Crippen LogP contribution is 2.24. The molecule has 90 valence electrons. The van der Waals surface area contributed by atoms with E-state index >= 15 is 0 Å². The van der Waals surface area contributed by atoms with E-state index < -0.39 is 11.6 Å². The van der Waals surface area contributed by atoms with Crippen LogP contribution in [0.2, 0.25) is 0 Å². The van der Waals surface area contributed by atoms with Crippen LogP contribution in [0.5, 0.6) is 0 Å². The minimum Gasteiger partial charge on any atom is -0.418 e. The summed E-state index contributed by atoms with van der Waals surface area (Å²) in [5, 5.41) is 0. The molecule has 0 fully saturated rings. The van der Waals surface area contributed by atoms with E-state index in [-0.39, 0.29) is 5.89 Å². The van der Waals surface area contributed by atoms with Crippen molar-refractivity contribution in [2.24, 2.45) is 0 Å². The minimum atomic E-state index is -0.932. The number of oxazole rings is 1. The molecule has 0 aliphatic rings. The number of fused-ring (bicyclic) bond motifs is 1. The lowest BCUT2D eigenvalue weighted by Gasteiger charge is -1.95. The van der Waals surface area contributed by atoms with Crippen LogP contribution in [0.4, 0.5) is 8.78 Å². The summed E-state index contributed by atoms with van der Waals surface area (Å²) in [4.78, 5) is 8.34. The number of halogens is 2. The topological polar surface area (TPSA) is 38.9 Å². The smallest absolute Gasteiger partial charge is 0.247 e. The van der Waals surface area contributed by atoms with Crippen LogP contribution >= 0.6 is 0 Å². The van der Waals surface area contributed by atoms with Gasteiger partial charge in [-0.1, -0.05) is 0 Å². The summed E-state index contributed by atoms with van der Waals surface area (Å²) in [6.45, 7) is 1.83. The van der Waals surface area contributed by atoms with Gasteiger partial charge in [-0.2, -0.15) is 0 Å². The Morgan fingerprint density at radius 1 is 1.00 bits per heavy atom. The van der Waals surface area contributed by atoms with E-state index in [0.29, 0.717) is 16.8 Å². The minimum absolute atomic E-state index is 0.224. The molecule has 0 amide bonds. The van der Waals surface area contributed by atoms with E-state index in [9.17, 15) is 8.78 Å². The maximum atomic E-state index is 13.1. The summed E-state index contributed by atoms with van der Waals surface area (Å²) < 4.78 is 31.4. The Morgan fingerprint density at radius 2 is 1.83 bits per heavy atom. The quantitative estimate of drug-likeness (QED) is 0.659. The van der Waals surface area contributed by atoms with Gasteiger partial charge in [-0.15, -0.1) is 0 Å². The van der Waals surface area contributed by atoms with Crippen molar-refractivity contribution in [1.82, 2.24) is 9.97 Å². The number of aryl methyl sites for hydroxylation is 1. The number of benzene rings is 1. The fraction of sp³-hybridized carbons (Fsp3) is 0.0769. The van der Waals surface area contributed by atoms with Crippen LogP contribution < -0.4 is 0 Å². The van der Waals surface area contributed by atoms with Gasteiger partial charge >= 0.3 is 0 Å². The Balaban J connectivity index is 2.16. The van der Waals surface area contributed by atoms with E-state index in [1.165, 1.54) is 6.07 Å². The highest BCUT2D eigenvalue weighted by Gasteiger charge is 2.11. The number of nitrogens with zero attached hydrogens (tertiary/aromatic N) is 2. The molecule has 18 heavy (non-hydrogen) atoms. The molecule has 0 saturated heterocycles. The molecule has 3 rings (SSSR count). The third kappa shape index (κ3) is 1.73. The van der Waals surface area contributed by atoms with Crippen molar-refractivity contribution in [3.8, 4) is 11.5 Å². The summed E-state index contributed by atoms with van der Waals surface area (Å²) in [6, 6.07) is 7.07. The third-order valence-electron chi connectivity index (χ3n) is 2.56. The molecular formula is C13H8F2N2O. The Bertz CT molecular complexity index is 737. The summed E-state index contributed by atoms with van der Waals surface area (Å²) in [6.07, 6.45) is 0. The maximum absolute atomic E-state index is 13.1. The van der Waals surface area contributed by atoms with Crippen LogP contribution in [0, 0.1) is 18.6 Å². The molecule has 3 aromatic rings. The fourth-order valence-corrected chi connectivity index (χ4v) is 1.66. The van der Waals surface area contributed by atoms with Crippen molar-refractivity contribution in [3.63, 3.8) is 0 Å². The first-order valence-corrected chi connectivity index (χ1v) is 5.33. The van der Waals surface area contributed by atoms with Crippen LogP contribution in [-0.2, 0) is 0 Å². The molecule has 3 nitrogen and oxygen atoms in total. The molecule has 0 saturated carbocycles. The summed E-state index contributed by atoms with van der Waals surface area (Å²) >= 11 is 0. The van der Waals surface area contributed by atoms with Gasteiger partial charge in [0.2, 0.25) is 11.6 Å². The molecule has 2 aromatic heterocycles. The molecule has 1 aromatic carbocycles. The SMILES string of the molecule is Cc1ccc2nc(-c3ccc(F)c(F)c3)oc2n1. The van der Waals surface area contributed by atoms with Crippen LogP contribution in [0.25, 0.3) is 22.7 Å². The third-order valence-corrected chi connectivity index (χ3v) is 2.56. The normalized spacial score (nSPS) is 11.1. The van der Waals surface area contributed by atoms with Crippen molar-refractivity contribution >= 4 is 11.2 Å². The van der Waals surface area contributed by atoms with Gasteiger partial charge in [0.1, 0.15) is 5.52 Å². The van der Waals surface area contributed by atoms with E-state index in [1.807, 2.05) is 6.92 Å². The van der Waals surface area contributed by atoms with Gasteiger partial charge in [0, 0.05) is 11.3 Å². The molecular weight excluding hydrogens is 238 g/mol. The molecule has 0 unspecified atom stereocenters. The Hall–Kier alpha value is -2.30. The Morgan fingerprint density at radius 3 is 2.61 bits per heavy atom. The second-order valence-electron chi connectivity index (χ2n) is 3.92. The first kappa shape index (κ1) is 10.8. The van der Waals surface area contributed by atoms with E-state index in [0.717, 1.165) is 17.8 Å². The zero-order valence-electron chi connectivity index (χ0n) is 9.45. The second kappa shape index (κ2) is 3.87. The van der Waals surface area contributed by atoms with Crippen LogP contribution in [-0.4, -0.2) is 9.97 Å². The number of hydrogen-bond acceptors (Lipinski definition) is 3. The average Bonchev–Trinajstić information content (AvgIpc) is 2.75. The summed E-state index contributed by atoms with van der Waals surface area (Å²) in [5.41, 5.74) is 2.15. The molecule has 0 N–H and O–H groups in total. The van der Waals surface area contributed by atoms with Crippen molar-refractivity contribution in [2.45, 2.75) is 6.92 Å². The molecule has 0 aliphatic heterocycles. The number of rotatable bonds is 1. The fourth-order valence-electron chi connectivity index (χ4n) is 1.66. The van der Waals surface area contributed by atoms with Crippen molar-refractivity contribution < 1.29 is 13.2 Å². The highest BCUT2D eigenvalue weighted by molar-refractivity contribution is 5.72. The van der Waals surface area contributed by atoms with Crippen LogP contribution in [0.15, 0.2) is 34.7 Å². The van der Waals surface area contributed by atoms with E-state index in [2.05, 4.69) is 9.97 Å². The average molecular weight is 246 g/mol. The largest absolute Gasteiger partial charge is 0.418 e. The second-order valence-corrected chi connectivity index (χ2v) is 3.92. The maximum Gasteiger partial charge on any atom is 0.247 e. The molecule has 2 heterocycles. The highest BCUT2D eigenvalue weighted by atomic mass is 19.2. The Kier molecular flexibility index (Phi) is 2.33. The molecule has 0 bridgehead atoms. The number of hydrogen-bond donors (Lipinski definition) is 0. The van der Waals surface area contributed by atoms with Crippen molar-refractivity contribution in [1.29, 1.82) is 0 Å². The first-order valence-electron chi connectivity index (χ1n) is 5.33. The Labute approximate surface area is 101 Å². The molecule has 0 aliphatic carbocycles. The van der Waals surface area contributed by atoms with Gasteiger partial charge in [0.05, 0.1) is 0 Å². The van der Waals surface area contributed by atoms with Gasteiger partial charge in [0.25, 0.3) is 0 Å². The van der Waals surface area contributed by atoms with Crippen molar-refractivity contribution in [3.05, 3.63) is 47.7 Å². The molecule has 0 atom stereocenters. The zero-order valence-corrected chi connectivity index (χ0v) is 9.45. The predicted octanol–water partition coefficient (Wildman–Crippen LogP) is 3.48. The molecule has 0 radical (unpaired) electrons. The van der Waals surface area contributed by atoms with E-state index in [4.69, 9.17) is 4.42 Å². The standard InChI is InChI=1S/C13H8F2N2O/c1-7-2-5-11-13(16-7)18-12(17-11)8-3-4-9(14)10(15)6-8/h2-6H,1H3. The molecule has 5 heteroatoms. The zero-order chi connectivity index (χ0) is 12.7. The van der Waals surface area contributed by atoms with Gasteiger partial charge in [-0.3, -0.25) is 0 Å². The first-order chi connectivity index (χ1) is 8.63. The van der Waals surface area contributed by atoms with E-state index in [1.54, 1.807) is 12.1 Å². The van der Waals surface area contributed by atoms with Gasteiger partial charge in [-0.05, 0) is 37.3 Å². The lowest BCUT2D eigenvalue weighted by atomic mass is 10.2. The number of pyridine rings is 1. The van der Waals surface area contributed by atoms with Crippen molar-refractivity contribution in [2.75, 3.05) is 0 Å². The lowest BCUT2D eigenvalue weighted by Crippen LogP contribution is -1.85. The van der Waals surface area contributed by atoms with Crippen LogP contribution in [0.3, 0.4) is 0 Å². The summed E-state index contributed by atoms with van der Waals surface area (Å²) in [7, 11) is 0. The summed E-state index contributed by atoms with van der Waals surface area (Å²) in [5.74, 6) is -1.61. The lowest BCUT2D eigenvalue weighted by molar-refractivity contribution is 0.508. The monoisotopic (exact) mass is 246 g/mol. The molecule has 0 spiro atoms. The van der Waals surface area contributed by atoms with Crippen LogP contribution in [0.1, 0.15) is 5.69 Å². The number of aromatic nitrogens is 2. The van der Waals surface area contributed by atoms with Gasteiger partial charge < -0.3 is 4.42 Å². The van der Waals surface area contributed by atoms with Gasteiger partial charge in [-0.25, -0.2) is 18.7 Å². The predicted molar refractivity (Wildman–Crippen MR) is 61.9 cm³/mol.